The van der Waals surface area contributed by atoms with E-state index in [4.69, 9.17) is 4.74 Å². The van der Waals surface area contributed by atoms with E-state index in [0.29, 0.717) is 5.92 Å². The number of carbonyl (C=O) groups is 1. The molecule has 0 aromatic heterocycles. The number of quaternary nitrogens is 2. The summed E-state index contributed by atoms with van der Waals surface area (Å²) in [6, 6.07) is 9.17. The van der Waals surface area contributed by atoms with Gasteiger partial charge in [-0.15, -0.1) is 0 Å². The largest absolute Gasteiger partial charge is 0.469 e. The van der Waals surface area contributed by atoms with E-state index in [1.807, 2.05) is 0 Å². The maximum absolute atomic E-state index is 11.9. The average molecular weight is 417 g/mol. The lowest BCUT2D eigenvalue weighted by Gasteiger charge is -2.36. The summed E-state index contributed by atoms with van der Waals surface area (Å²) in [4.78, 5) is 15.4. The van der Waals surface area contributed by atoms with Crippen molar-refractivity contribution in [1.29, 1.82) is 0 Å². The number of rotatable bonds is 8. The van der Waals surface area contributed by atoms with E-state index in [2.05, 4.69) is 45.2 Å². The second-order valence-electron chi connectivity index (χ2n) is 10.1. The third-order valence-corrected chi connectivity index (χ3v) is 7.96. The zero-order valence-corrected chi connectivity index (χ0v) is 19.7. The molecular weight excluding hydrogens is 372 g/mol. The van der Waals surface area contributed by atoms with Crippen LogP contribution < -0.4 is 9.80 Å². The maximum Gasteiger partial charge on any atom is 0.308 e. The molecule has 2 atom stereocenters. The summed E-state index contributed by atoms with van der Waals surface area (Å²) in [6.07, 6.45) is 7.42. The molecule has 1 aromatic carbocycles. The van der Waals surface area contributed by atoms with Crippen LogP contribution in [0.25, 0.3) is 0 Å². The molecule has 2 aliphatic rings. The van der Waals surface area contributed by atoms with Gasteiger partial charge in [0.25, 0.3) is 0 Å². The molecule has 4 nitrogen and oxygen atoms in total. The van der Waals surface area contributed by atoms with E-state index in [0.717, 1.165) is 31.2 Å². The summed E-state index contributed by atoms with van der Waals surface area (Å²) in [5, 5.41) is 0. The van der Waals surface area contributed by atoms with Crippen molar-refractivity contribution in [3.05, 3.63) is 35.4 Å². The molecule has 0 amide bonds. The van der Waals surface area contributed by atoms with Crippen LogP contribution in [0.1, 0.15) is 69.4 Å². The Morgan fingerprint density at radius 3 is 2.13 bits per heavy atom. The molecule has 2 heterocycles. The molecule has 2 aliphatic heterocycles. The van der Waals surface area contributed by atoms with Gasteiger partial charge < -0.3 is 14.5 Å². The molecule has 4 heteroatoms. The van der Waals surface area contributed by atoms with Crippen LogP contribution in [0.15, 0.2) is 24.3 Å². The van der Waals surface area contributed by atoms with Gasteiger partial charge in [0.1, 0.15) is 6.54 Å². The molecule has 3 rings (SSSR count). The van der Waals surface area contributed by atoms with Crippen molar-refractivity contribution >= 4 is 5.97 Å². The Kier molecular flexibility index (Phi) is 8.76. The summed E-state index contributed by atoms with van der Waals surface area (Å²) in [5.74, 6) is 2.28. The lowest BCUT2D eigenvalue weighted by molar-refractivity contribution is -0.920. The molecule has 2 saturated heterocycles. The highest BCUT2D eigenvalue weighted by Gasteiger charge is 2.31. The number of carbonyl (C=O) groups excluding carboxylic acids is 1. The Morgan fingerprint density at radius 2 is 1.60 bits per heavy atom. The van der Waals surface area contributed by atoms with Crippen LogP contribution in [0, 0.1) is 17.8 Å². The minimum Gasteiger partial charge on any atom is -0.469 e. The van der Waals surface area contributed by atoms with Crippen molar-refractivity contribution in [2.45, 2.75) is 64.8 Å². The van der Waals surface area contributed by atoms with Gasteiger partial charge in [0.2, 0.25) is 0 Å². The molecule has 0 saturated carbocycles. The predicted octanol–water partition coefficient (Wildman–Crippen LogP) is 2.10. The zero-order chi connectivity index (χ0) is 21.5. The van der Waals surface area contributed by atoms with Gasteiger partial charge in [-0.2, -0.15) is 0 Å². The molecule has 2 fully saturated rings. The van der Waals surface area contributed by atoms with E-state index in [1.165, 1.54) is 70.1 Å². The van der Waals surface area contributed by atoms with Crippen molar-refractivity contribution in [3.8, 4) is 0 Å². The fourth-order valence-corrected chi connectivity index (χ4v) is 5.71. The normalized spacial score (nSPS) is 29.2. The molecule has 1 aromatic rings. The number of benzene rings is 1. The van der Waals surface area contributed by atoms with Crippen LogP contribution in [0.5, 0.6) is 0 Å². The summed E-state index contributed by atoms with van der Waals surface area (Å²) in [6.45, 7) is 10.9. The van der Waals surface area contributed by atoms with Crippen LogP contribution in [0.2, 0.25) is 0 Å². The first kappa shape index (κ1) is 23.3. The number of piperidine rings is 2. The second-order valence-corrected chi connectivity index (χ2v) is 10.1. The Balaban J connectivity index is 1.45. The van der Waals surface area contributed by atoms with Gasteiger partial charge in [-0.1, -0.05) is 38.1 Å². The zero-order valence-electron chi connectivity index (χ0n) is 19.7. The topological polar surface area (TPSA) is 35.2 Å². The van der Waals surface area contributed by atoms with Crippen molar-refractivity contribution in [2.24, 2.45) is 17.8 Å². The summed E-state index contributed by atoms with van der Waals surface area (Å²) in [7, 11) is 3.83. The van der Waals surface area contributed by atoms with Gasteiger partial charge in [0.05, 0.1) is 46.3 Å². The Morgan fingerprint density at radius 1 is 1.03 bits per heavy atom. The fourth-order valence-electron chi connectivity index (χ4n) is 5.71. The highest BCUT2D eigenvalue weighted by Crippen LogP contribution is 2.28. The molecule has 168 valence electrons. The summed E-state index contributed by atoms with van der Waals surface area (Å²) < 4.78 is 4.95. The third kappa shape index (κ3) is 6.31. The Bertz CT molecular complexity index is 644. The van der Waals surface area contributed by atoms with Crippen LogP contribution in [-0.4, -0.2) is 46.3 Å². The van der Waals surface area contributed by atoms with E-state index < -0.39 is 0 Å². The van der Waals surface area contributed by atoms with E-state index in [-0.39, 0.29) is 11.9 Å². The highest BCUT2D eigenvalue weighted by molar-refractivity contribution is 5.72. The standard InChI is InChI=1S/C26H42N2O2/c1-5-22(26(29)30-4)18-20(2)23-8-6-21(7-9-23)19-28-16-12-25(13-17-28)24-10-14-27(3)15-11-24/h6-9,20,22,24-25H,5,10-19H2,1-4H3/p+2. The van der Waals surface area contributed by atoms with Crippen LogP contribution in [0.3, 0.4) is 0 Å². The number of ether oxygens (including phenoxy) is 1. The van der Waals surface area contributed by atoms with Gasteiger partial charge in [-0.05, 0) is 61.8 Å². The molecule has 0 radical (unpaired) electrons. The summed E-state index contributed by atoms with van der Waals surface area (Å²) >= 11 is 0. The maximum atomic E-state index is 11.9. The minimum absolute atomic E-state index is 0.00128. The number of hydrogen-bond acceptors (Lipinski definition) is 2. The number of hydrogen-bond donors (Lipinski definition) is 2. The molecule has 2 unspecified atom stereocenters. The molecular formula is C26H44N2O2+2. The van der Waals surface area contributed by atoms with Crippen LogP contribution >= 0.6 is 0 Å². The fraction of sp³-hybridized carbons (Fsp3) is 0.731. The van der Waals surface area contributed by atoms with Crippen LogP contribution in [0.4, 0.5) is 0 Å². The Hall–Kier alpha value is -1.39. The number of methoxy groups -OCH3 is 1. The first-order valence-corrected chi connectivity index (χ1v) is 12.3. The first-order chi connectivity index (χ1) is 14.5. The Labute approximate surface area is 184 Å². The molecule has 0 bridgehead atoms. The number of nitrogens with one attached hydrogen (secondary N) is 2. The van der Waals surface area contributed by atoms with E-state index >= 15 is 0 Å². The van der Waals surface area contributed by atoms with Gasteiger partial charge in [0.15, 0.2) is 0 Å². The van der Waals surface area contributed by atoms with Crippen LogP contribution in [-0.2, 0) is 16.1 Å². The van der Waals surface area contributed by atoms with E-state index in [1.54, 1.807) is 9.80 Å². The van der Waals surface area contributed by atoms with Gasteiger partial charge in [0, 0.05) is 5.56 Å². The van der Waals surface area contributed by atoms with Crippen molar-refractivity contribution < 1.29 is 19.3 Å². The first-order valence-electron chi connectivity index (χ1n) is 12.3. The molecule has 2 N–H and O–H groups in total. The lowest BCUT2D eigenvalue weighted by atomic mass is 9.79. The number of likely N-dealkylation sites (tertiary alicyclic amines) is 2. The smallest absolute Gasteiger partial charge is 0.308 e. The lowest BCUT2D eigenvalue weighted by Crippen LogP contribution is -3.12. The number of esters is 1. The van der Waals surface area contributed by atoms with Crippen molar-refractivity contribution in [2.75, 3.05) is 40.3 Å². The van der Waals surface area contributed by atoms with Crippen molar-refractivity contribution in [3.63, 3.8) is 0 Å². The average Bonchev–Trinajstić information content (AvgIpc) is 2.78. The van der Waals surface area contributed by atoms with Gasteiger partial charge in [-0.3, -0.25) is 4.79 Å². The predicted molar refractivity (Wildman–Crippen MR) is 122 cm³/mol. The SMILES string of the molecule is CCC(CC(C)c1ccc(C[NH+]2CCC(C3CC[NH+](C)CC3)CC2)cc1)C(=O)OC. The van der Waals surface area contributed by atoms with Crippen molar-refractivity contribution in [1.82, 2.24) is 0 Å². The van der Waals surface area contributed by atoms with Gasteiger partial charge in [-0.25, -0.2) is 0 Å². The molecule has 0 spiro atoms. The minimum atomic E-state index is -0.0746. The monoisotopic (exact) mass is 416 g/mol. The summed E-state index contributed by atoms with van der Waals surface area (Å²) in [5.41, 5.74) is 2.78. The molecule has 30 heavy (non-hydrogen) atoms. The highest BCUT2D eigenvalue weighted by atomic mass is 16.5. The second kappa shape index (κ2) is 11.3. The van der Waals surface area contributed by atoms with Gasteiger partial charge >= 0.3 is 5.97 Å². The quantitative estimate of drug-likeness (QED) is 0.637. The third-order valence-electron chi connectivity index (χ3n) is 7.96. The van der Waals surface area contributed by atoms with E-state index in [9.17, 15) is 4.79 Å². The molecule has 0 aliphatic carbocycles.